The summed E-state index contributed by atoms with van der Waals surface area (Å²) >= 11 is 3.37. The number of nitrogens with zero attached hydrogens (tertiary/aromatic N) is 3. The summed E-state index contributed by atoms with van der Waals surface area (Å²) in [5.41, 5.74) is 10.2. The Morgan fingerprint density at radius 2 is 2.05 bits per heavy atom. The molecule has 0 saturated heterocycles. The van der Waals surface area contributed by atoms with Gasteiger partial charge >= 0.3 is 0 Å². The van der Waals surface area contributed by atoms with Crippen LogP contribution in [0.3, 0.4) is 0 Å². The van der Waals surface area contributed by atoms with E-state index in [-0.39, 0.29) is 0 Å². The van der Waals surface area contributed by atoms with Crippen molar-refractivity contribution < 1.29 is 0 Å². The van der Waals surface area contributed by atoms with E-state index in [4.69, 9.17) is 5.73 Å². The van der Waals surface area contributed by atoms with Crippen molar-refractivity contribution in [3.05, 3.63) is 52.0 Å². The monoisotopic (exact) mass is 326 g/mol. The van der Waals surface area contributed by atoms with E-state index in [1.807, 2.05) is 37.3 Å². The number of imidazole rings is 1. The first-order valence-corrected chi connectivity index (χ1v) is 6.84. The van der Waals surface area contributed by atoms with Crippen molar-refractivity contribution >= 4 is 32.9 Å². The van der Waals surface area contributed by atoms with Gasteiger partial charge in [0.1, 0.15) is 6.07 Å². The van der Waals surface area contributed by atoms with Gasteiger partial charge in [-0.25, -0.2) is 4.98 Å². The summed E-state index contributed by atoms with van der Waals surface area (Å²) in [6.07, 6.45) is 0. The zero-order valence-corrected chi connectivity index (χ0v) is 12.3. The summed E-state index contributed by atoms with van der Waals surface area (Å²) < 4.78 is 2.66. The third kappa shape index (κ3) is 1.95. The van der Waals surface area contributed by atoms with Gasteiger partial charge in [-0.15, -0.1) is 0 Å². The second kappa shape index (κ2) is 4.66. The minimum absolute atomic E-state index is 0.379. The minimum atomic E-state index is 0.379. The summed E-state index contributed by atoms with van der Waals surface area (Å²) in [5.74, 6) is 0.379. The molecule has 0 fully saturated rings. The van der Waals surface area contributed by atoms with Crippen LogP contribution in [0.1, 0.15) is 11.1 Å². The van der Waals surface area contributed by atoms with E-state index < -0.39 is 0 Å². The van der Waals surface area contributed by atoms with Gasteiger partial charge in [-0.05, 0) is 42.8 Å². The molecule has 0 aliphatic rings. The van der Waals surface area contributed by atoms with E-state index in [9.17, 15) is 5.26 Å². The van der Waals surface area contributed by atoms with E-state index in [1.165, 1.54) is 0 Å². The number of halogens is 1. The average Bonchev–Trinajstić information content (AvgIpc) is 2.73. The van der Waals surface area contributed by atoms with Crippen molar-refractivity contribution in [2.75, 3.05) is 5.73 Å². The fourth-order valence-corrected chi connectivity index (χ4v) is 2.62. The molecule has 3 rings (SSSR count). The number of hydrogen-bond acceptors (Lipinski definition) is 3. The first kappa shape index (κ1) is 12.7. The Labute approximate surface area is 124 Å². The average molecular weight is 327 g/mol. The molecule has 0 spiro atoms. The molecule has 0 atom stereocenters. The largest absolute Gasteiger partial charge is 0.369 e. The lowest BCUT2D eigenvalue weighted by molar-refractivity contribution is 1.10. The molecule has 2 N–H and O–H groups in total. The Morgan fingerprint density at radius 1 is 1.25 bits per heavy atom. The fourth-order valence-electron chi connectivity index (χ4n) is 2.25. The highest BCUT2D eigenvalue weighted by Crippen LogP contribution is 2.27. The maximum Gasteiger partial charge on any atom is 0.205 e. The summed E-state index contributed by atoms with van der Waals surface area (Å²) in [4.78, 5) is 4.37. The lowest BCUT2D eigenvalue weighted by atomic mass is 10.2. The summed E-state index contributed by atoms with van der Waals surface area (Å²) in [5, 5.41) is 9.30. The zero-order chi connectivity index (χ0) is 14.3. The Bertz CT molecular complexity index is 858. The van der Waals surface area contributed by atoms with Gasteiger partial charge < -0.3 is 5.73 Å². The van der Waals surface area contributed by atoms with Crippen LogP contribution in [-0.4, -0.2) is 9.55 Å². The molecule has 0 aliphatic carbocycles. The van der Waals surface area contributed by atoms with Crippen molar-refractivity contribution in [2.45, 2.75) is 6.92 Å². The molecule has 0 aliphatic heterocycles. The first-order chi connectivity index (χ1) is 9.60. The standard InChI is InChI=1S/C15H11BrN4/c1-9-2-4-14-12(6-9)19-15(18)20(14)13-5-3-11(16)7-10(13)8-17/h2-7H,1H3,(H2,18,19). The number of nitriles is 1. The SMILES string of the molecule is Cc1ccc2c(c1)nc(N)n2-c1ccc(Br)cc1C#N. The van der Waals surface area contributed by atoms with Crippen LogP contribution in [0.2, 0.25) is 0 Å². The van der Waals surface area contributed by atoms with Crippen molar-refractivity contribution in [3.63, 3.8) is 0 Å². The quantitative estimate of drug-likeness (QED) is 0.743. The number of aromatic nitrogens is 2. The van der Waals surface area contributed by atoms with E-state index in [0.29, 0.717) is 11.5 Å². The van der Waals surface area contributed by atoms with Gasteiger partial charge in [-0.2, -0.15) is 5.26 Å². The van der Waals surface area contributed by atoms with Crippen LogP contribution in [0.15, 0.2) is 40.9 Å². The van der Waals surface area contributed by atoms with E-state index in [0.717, 1.165) is 26.8 Å². The van der Waals surface area contributed by atoms with Gasteiger partial charge in [-0.3, -0.25) is 4.57 Å². The predicted molar refractivity (Wildman–Crippen MR) is 82.6 cm³/mol. The number of nitrogens with two attached hydrogens (primary N) is 1. The molecule has 0 radical (unpaired) electrons. The normalized spacial score (nSPS) is 10.7. The lowest BCUT2D eigenvalue weighted by Gasteiger charge is -2.09. The summed E-state index contributed by atoms with van der Waals surface area (Å²) in [7, 11) is 0. The van der Waals surface area contributed by atoms with Crippen LogP contribution in [0, 0.1) is 18.3 Å². The second-order valence-corrected chi connectivity index (χ2v) is 5.49. The van der Waals surface area contributed by atoms with Crippen molar-refractivity contribution in [3.8, 4) is 11.8 Å². The van der Waals surface area contributed by atoms with Crippen LogP contribution in [0.4, 0.5) is 5.95 Å². The Kier molecular flexibility index (Phi) is 2.96. The highest BCUT2D eigenvalue weighted by atomic mass is 79.9. The van der Waals surface area contributed by atoms with Crippen molar-refractivity contribution in [1.82, 2.24) is 9.55 Å². The van der Waals surface area contributed by atoms with Crippen LogP contribution >= 0.6 is 15.9 Å². The Hall–Kier alpha value is -2.32. The van der Waals surface area contributed by atoms with E-state index in [1.54, 1.807) is 10.6 Å². The molecule has 2 aromatic carbocycles. The molecule has 3 aromatic rings. The number of rotatable bonds is 1. The van der Waals surface area contributed by atoms with Gasteiger partial charge in [-0.1, -0.05) is 22.0 Å². The maximum atomic E-state index is 9.30. The van der Waals surface area contributed by atoms with Crippen molar-refractivity contribution in [1.29, 1.82) is 5.26 Å². The summed E-state index contributed by atoms with van der Waals surface area (Å²) in [6.45, 7) is 2.01. The Balaban J connectivity index is 2.35. The van der Waals surface area contributed by atoms with Gasteiger partial charge in [0.05, 0.1) is 22.3 Å². The predicted octanol–water partition coefficient (Wildman–Crippen LogP) is 3.55. The third-order valence-corrected chi connectivity index (χ3v) is 3.65. The molecule has 0 unspecified atom stereocenters. The second-order valence-electron chi connectivity index (χ2n) is 4.57. The molecule has 5 heteroatoms. The van der Waals surface area contributed by atoms with Gasteiger partial charge in [0, 0.05) is 4.47 Å². The first-order valence-electron chi connectivity index (χ1n) is 6.05. The molecule has 4 nitrogen and oxygen atoms in total. The maximum absolute atomic E-state index is 9.30. The number of benzene rings is 2. The molecule has 1 heterocycles. The van der Waals surface area contributed by atoms with Crippen molar-refractivity contribution in [2.24, 2.45) is 0 Å². The van der Waals surface area contributed by atoms with Crippen LogP contribution in [-0.2, 0) is 0 Å². The van der Waals surface area contributed by atoms with Gasteiger partial charge in [0.25, 0.3) is 0 Å². The number of hydrogen-bond donors (Lipinski definition) is 1. The molecule has 20 heavy (non-hydrogen) atoms. The molecule has 98 valence electrons. The zero-order valence-electron chi connectivity index (χ0n) is 10.8. The molecule has 1 aromatic heterocycles. The Morgan fingerprint density at radius 3 is 2.80 bits per heavy atom. The number of fused-ring (bicyclic) bond motifs is 1. The molecule has 0 saturated carbocycles. The fraction of sp³-hybridized carbons (Fsp3) is 0.0667. The number of anilines is 1. The smallest absolute Gasteiger partial charge is 0.205 e. The van der Waals surface area contributed by atoms with Crippen LogP contribution in [0.5, 0.6) is 0 Å². The van der Waals surface area contributed by atoms with E-state index in [2.05, 4.69) is 27.0 Å². The molecular formula is C15H11BrN4. The van der Waals surface area contributed by atoms with Gasteiger partial charge in [0.2, 0.25) is 5.95 Å². The van der Waals surface area contributed by atoms with Crippen LogP contribution in [0.25, 0.3) is 16.7 Å². The van der Waals surface area contributed by atoms with Gasteiger partial charge in [0.15, 0.2) is 0 Å². The number of aryl methyl sites for hydroxylation is 1. The number of nitrogen functional groups attached to an aromatic ring is 1. The topological polar surface area (TPSA) is 67.6 Å². The highest BCUT2D eigenvalue weighted by Gasteiger charge is 2.13. The molecular weight excluding hydrogens is 316 g/mol. The van der Waals surface area contributed by atoms with E-state index >= 15 is 0 Å². The van der Waals surface area contributed by atoms with Crippen LogP contribution < -0.4 is 5.73 Å². The minimum Gasteiger partial charge on any atom is -0.369 e. The third-order valence-electron chi connectivity index (χ3n) is 3.16. The highest BCUT2D eigenvalue weighted by molar-refractivity contribution is 9.10. The summed E-state index contributed by atoms with van der Waals surface area (Å²) in [6, 6.07) is 13.7. The molecule has 0 bridgehead atoms. The lowest BCUT2D eigenvalue weighted by Crippen LogP contribution is -2.02. The molecule has 0 amide bonds.